The number of carbonyl (C=O) groups excluding carboxylic acids is 4. The summed E-state index contributed by atoms with van der Waals surface area (Å²) in [6.07, 6.45) is 1.35. The summed E-state index contributed by atoms with van der Waals surface area (Å²) in [7, 11) is 1.18. The molecule has 1 aliphatic rings. The largest absolute Gasteiger partial charge is 0.466 e. The van der Waals surface area contributed by atoms with Crippen molar-refractivity contribution in [2.75, 3.05) is 13.7 Å². The lowest BCUT2D eigenvalue weighted by Crippen LogP contribution is -2.42. The fourth-order valence-electron chi connectivity index (χ4n) is 1.91. The highest BCUT2D eigenvalue weighted by Crippen LogP contribution is 2.20. The third-order valence-electron chi connectivity index (χ3n) is 2.84. The number of carbonyl (C=O) groups is 4. The Labute approximate surface area is 115 Å². The Morgan fingerprint density at radius 2 is 1.80 bits per heavy atom. The Morgan fingerprint density at radius 1 is 1.20 bits per heavy atom. The second-order valence-electron chi connectivity index (χ2n) is 4.24. The number of amides is 2. The molecule has 0 aliphatic carbocycles. The average Bonchev–Trinajstić information content (AvgIpc) is 2.80. The average molecular weight is 284 g/mol. The normalized spacial score (nSPS) is 21.8. The molecule has 0 aromatic rings. The molecule has 1 heterocycles. The number of nitrogens with zero attached hydrogens (tertiary/aromatic N) is 1. The van der Waals surface area contributed by atoms with Gasteiger partial charge in [0.15, 0.2) is 0 Å². The first-order valence-corrected chi connectivity index (χ1v) is 5.88. The van der Waals surface area contributed by atoms with Gasteiger partial charge in [-0.2, -0.15) is 0 Å². The Kier molecular flexibility index (Phi) is 5.24. The molecule has 1 saturated heterocycles. The summed E-state index contributed by atoms with van der Waals surface area (Å²) in [5, 5.41) is 0. The first-order chi connectivity index (χ1) is 9.35. The number of likely N-dealkylation sites (tertiary alicyclic amines) is 1. The zero-order chi connectivity index (χ0) is 15.3. The van der Waals surface area contributed by atoms with Crippen molar-refractivity contribution in [2.45, 2.75) is 25.5 Å². The number of hydrogen-bond donors (Lipinski definition) is 1. The lowest BCUT2D eigenvalue weighted by Gasteiger charge is -2.19. The Bertz CT molecular complexity index is 437. The van der Waals surface area contributed by atoms with Gasteiger partial charge in [0.1, 0.15) is 12.1 Å². The number of methoxy groups -OCH3 is 1. The van der Waals surface area contributed by atoms with Crippen LogP contribution in [0.2, 0.25) is 0 Å². The van der Waals surface area contributed by atoms with Crippen LogP contribution in [0.3, 0.4) is 0 Å². The van der Waals surface area contributed by atoms with Crippen molar-refractivity contribution in [2.24, 2.45) is 5.73 Å². The van der Waals surface area contributed by atoms with Crippen LogP contribution in [-0.4, -0.2) is 54.5 Å². The van der Waals surface area contributed by atoms with Crippen LogP contribution in [0.4, 0.5) is 0 Å². The van der Waals surface area contributed by atoms with Crippen LogP contribution in [0, 0.1) is 0 Å². The summed E-state index contributed by atoms with van der Waals surface area (Å²) in [5.41, 5.74) is 5.19. The van der Waals surface area contributed by atoms with E-state index in [1.165, 1.54) is 18.9 Å². The van der Waals surface area contributed by atoms with E-state index in [9.17, 15) is 19.2 Å². The fourth-order valence-corrected chi connectivity index (χ4v) is 1.91. The Hall–Kier alpha value is -2.38. The van der Waals surface area contributed by atoms with Gasteiger partial charge in [-0.3, -0.25) is 9.59 Å². The molecule has 8 nitrogen and oxygen atoms in total. The smallest absolute Gasteiger partial charge is 0.331 e. The Balaban J connectivity index is 2.60. The van der Waals surface area contributed by atoms with Gasteiger partial charge in [-0.25, -0.2) is 9.59 Å². The van der Waals surface area contributed by atoms with E-state index in [1.807, 2.05) is 0 Å². The zero-order valence-electron chi connectivity index (χ0n) is 11.2. The van der Waals surface area contributed by atoms with E-state index in [0.29, 0.717) is 0 Å². The maximum Gasteiger partial charge on any atom is 0.331 e. The molecule has 0 saturated carbocycles. The number of hydrogen-bond acceptors (Lipinski definition) is 6. The molecule has 0 unspecified atom stereocenters. The minimum atomic E-state index is -0.783. The maximum atomic E-state index is 11.4. The van der Waals surface area contributed by atoms with Crippen LogP contribution >= 0.6 is 0 Å². The van der Waals surface area contributed by atoms with Gasteiger partial charge in [0.05, 0.1) is 13.7 Å². The first-order valence-electron chi connectivity index (χ1n) is 5.88. The van der Waals surface area contributed by atoms with Crippen molar-refractivity contribution in [3.63, 3.8) is 0 Å². The van der Waals surface area contributed by atoms with Gasteiger partial charge >= 0.3 is 11.9 Å². The highest BCUT2D eigenvalue weighted by molar-refractivity contribution is 5.92. The monoisotopic (exact) mass is 284 g/mol. The summed E-state index contributed by atoms with van der Waals surface area (Å²) in [5.74, 6) is -2.41. The van der Waals surface area contributed by atoms with E-state index in [-0.39, 0.29) is 18.9 Å². The predicted octanol–water partition coefficient (Wildman–Crippen LogP) is -1.27. The van der Waals surface area contributed by atoms with Crippen LogP contribution < -0.4 is 5.73 Å². The second kappa shape index (κ2) is 6.69. The van der Waals surface area contributed by atoms with Gasteiger partial charge < -0.3 is 20.1 Å². The molecular weight excluding hydrogens is 268 g/mol. The predicted molar refractivity (Wildman–Crippen MR) is 66.0 cm³/mol. The molecule has 20 heavy (non-hydrogen) atoms. The van der Waals surface area contributed by atoms with Gasteiger partial charge in [0, 0.05) is 25.5 Å². The standard InChI is InChI=1S/C12H16N2O6/c1-7(15)14-6-8(5-9(14)12(13)18)20-11(17)4-3-10(16)19-2/h3-4,8-9H,5-6H2,1-2H3,(H2,13,18)/b4-3+/t8-,9-/m0/s1. The summed E-state index contributed by atoms with van der Waals surface area (Å²) < 4.78 is 9.35. The van der Waals surface area contributed by atoms with Crippen LogP contribution in [0.1, 0.15) is 13.3 Å². The molecule has 8 heteroatoms. The quantitative estimate of drug-likeness (QED) is 0.508. The summed E-state index contributed by atoms with van der Waals surface area (Å²) in [4.78, 5) is 46.1. The molecule has 2 atom stereocenters. The van der Waals surface area contributed by atoms with Crippen LogP contribution in [-0.2, 0) is 28.7 Å². The zero-order valence-corrected chi connectivity index (χ0v) is 11.2. The first kappa shape index (κ1) is 15.7. The highest BCUT2D eigenvalue weighted by Gasteiger charge is 2.38. The van der Waals surface area contributed by atoms with Crippen molar-refractivity contribution in [3.05, 3.63) is 12.2 Å². The molecule has 2 N–H and O–H groups in total. The summed E-state index contributed by atoms with van der Waals surface area (Å²) in [6, 6.07) is -0.783. The van der Waals surface area contributed by atoms with Crippen molar-refractivity contribution >= 4 is 23.8 Å². The lowest BCUT2D eigenvalue weighted by molar-refractivity contribution is -0.144. The maximum absolute atomic E-state index is 11.4. The molecule has 0 spiro atoms. The fraction of sp³-hybridized carbons (Fsp3) is 0.500. The molecule has 1 rings (SSSR count). The summed E-state index contributed by atoms with van der Waals surface area (Å²) >= 11 is 0. The van der Waals surface area contributed by atoms with Gasteiger partial charge in [0.25, 0.3) is 0 Å². The van der Waals surface area contributed by atoms with Crippen molar-refractivity contribution < 1.29 is 28.7 Å². The molecule has 0 radical (unpaired) electrons. The van der Waals surface area contributed by atoms with Gasteiger partial charge in [-0.15, -0.1) is 0 Å². The number of nitrogens with two attached hydrogens (primary N) is 1. The number of esters is 2. The molecule has 1 aliphatic heterocycles. The van der Waals surface area contributed by atoms with Crippen LogP contribution in [0.5, 0.6) is 0 Å². The molecule has 0 aromatic heterocycles. The van der Waals surface area contributed by atoms with E-state index < -0.39 is 30.0 Å². The van der Waals surface area contributed by atoms with Crippen molar-refractivity contribution in [1.82, 2.24) is 4.90 Å². The number of primary amides is 1. The minimum Gasteiger partial charge on any atom is -0.466 e. The van der Waals surface area contributed by atoms with E-state index >= 15 is 0 Å². The second-order valence-corrected chi connectivity index (χ2v) is 4.24. The van der Waals surface area contributed by atoms with E-state index in [2.05, 4.69) is 4.74 Å². The molecule has 0 aromatic carbocycles. The molecule has 1 fully saturated rings. The number of ether oxygens (including phenoxy) is 2. The third-order valence-corrected chi connectivity index (χ3v) is 2.84. The van der Waals surface area contributed by atoms with Gasteiger partial charge in [0.2, 0.25) is 11.8 Å². The Morgan fingerprint density at radius 3 is 2.25 bits per heavy atom. The van der Waals surface area contributed by atoms with E-state index in [0.717, 1.165) is 12.2 Å². The lowest BCUT2D eigenvalue weighted by atomic mass is 10.2. The molecular formula is C12H16N2O6. The van der Waals surface area contributed by atoms with E-state index in [1.54, 1.807) is 0 Å². The summed E-state index contributed by atoms with van der Waals surface area (Å²) in [6.45, 7) is 1.40. The molecule has 2 amide bonds. The van der Waals surface area contributed by atoms with E-state index in [4.69, 9.17) is 10.5 Å². The van der Waals surface area contributed by atoms with Gasteiger partial charge in [-0.1, -0.05) is 0 Å². The van der Waals surface area contributed by atoms with Crippen molar-refractivity contribution in [1.29, 1.82) is 0 Å². The molecule has 0 bridgehead atoms. The SMILES string of the molecule is COC(=O)/C=C/C(=O)O[C@H]1C[C@@H](C(N)=O)N(C(C)=O)C1. The number of rotatable bonds is 4. The van der Waals surface area contributed by atoms with Crippen LogP contribution in [0.15, 0.2) is 12.2 Å². The third kappa shape index (κ3) is 4.08. The highest BCUT2D eigenvalue weighted by atomic mass is 16.5. The van der Waals surface area contributed by atoms with Gasteiger partial charge in [-0.05, 0) is 0 Å². The van der Waals surface area contributed by atoms with Crippen molar-refractivity contribution in [3.8, 4) is 0 Å². The minimum absolute atomic E-state index is 0.0980. The molecule has 110 valence electrons. The topological polar surface area (TPSA) is 116 Å². The van der Waals surface area contributed by atoms with Crippen LogP contribution in [0.25, 0.3) is 0 Å².